The van der Waals surface area contributed by atoms with Crippen molar-refractivity contribution in [3.63, 3.8) is 0 Å². The fraction of sp³-hybridized carbons (Fsp3) is 1.00. The number of rotatable bonds is 6. The molecule has 2 N–H and O–H groups in total. The average Bonchev–Trinajstić information content (AvgIpc) is 2.84. The summed E-state index contributed by atoms with van der Waals surface area (Å²) in [6.07, 6.45) is 5.28. The predicted octanol–water partition coefficient (Wildman–Crippen LogP) is 1.84. The van der Waals surface area contributed by atoms with Crippen molar-refractivity contribution in [3.8, 4) is 0 Å². The van der Waals surface area contributed by atoms with Crippen molar-refractivity contribution >= 4 is 0 Å². The molecule has 0 aliphatic heterocycles. The van der Waals surface area contributed by atoms with Crippen LogP contribution in [0.15, 0.2) is 0 Å². The van der Waals surface area contributed by atoms with E-state index in [2.05, 4.69) is 25.8 Å². The van der Waals surface area contributed by atoms with E-state index in [1.54, 1.807) is 0 Å². The van der Waals surface area contributed by atoms with Gasteiger partial charge in [-0.15, -0.1) is 0 Å². The molecule has 1 aliphatic carbocycles. The highest BCUT2D eigenvalue weighted by molar-refractivity contribution is 4.83. The van der Waals surface area contributed by atoms with Gasteiger partial charge in [0.15, 0.2) is 0 Å². The fourth-order valence-corrected chi connectivity index (χ4v) is 1.80. The summed E-state index contributed by atoms with van der Waals surface area (Å²) in [6.45, 7) is 5.65. The minimum Gasteiger partial charge on any atom is -0.328 e. The van der Waals surface area contributed by atoms with Crippen molar-refractivity contribution in [2.24, 2.45) is 11.7 Å². The summed E-state index contributed by atoms with van der Waals surface area (Å²) in [7, 11) is 2.24. The molecule has 1 fully saturated rings. The molecule has 1 rings (SSSR count). The quantitative estimate of drug-likeness (QED) is 0.682. The van der Waals surface area contributed by atoms with Crippen LogP contribution in [0.4, 0.5) is 0 Å². The van der Waals surface area contributed by atoms with E-state index in [1.807, 2.05) is 0 Å². The Morgan fingerprint density at radius 1 is 1.38 bits per heavy atom. The van der Waals surface area contributed by atoms with Gasteiger partial charge in [-0.1, -0.05) is 0 Å². The van der Waals surface area contributed by atoms with E-state index in [-0.39, 0.29) is 0 Å². The smallest absolute Gasteiger partial charge is 0.00921 e. The molecule has 0 aromatic carbocycles. The highest BCUT2D eigenvalue weighted by atomic mass is 15.1. The average molecular weight is 184 g/mol. The lowest BCUT2D eigenvalue weighted by Gasteiger charge is -2.24. The van der Waals surface area contributed by atoms with Crippen molar-refractivity contribution in [2.45, 2.75) is 51.6 Å². The Labute approximate surface area is 82.5 Å². The van der Waals surface area contributed by atoms with Gasteiger partial charge in [-0.05, 0) is 59.0 Å². The minimum absolute atomic E-state index is 0.365. The van der Waals surface area contributed by atoms with Crippen molar-refractivity contribution in [1.82, 2.24) is 4.90 Å². The Hall–Kier alpha value is -0.0800. The van der Waals surface area contributed by atoms with Crippen LogP contribution in [0.2, 0.25) is 0 Å². The maximum Gasteiger partial charge on any atom is 0.00921 e. The summed E-state index contributed by atoms with van der Waals surface area (Å²) in [6, 6.07) is 1.15. The van der Waals surface area contributed by atoms with Gasteiger partial charge < -0.3 is 10.6 Å². The first-order valence-corrected chi connectivity index (χ1v) is 5.57. The van der Waals surface area contributed by atoms with E-state index < -0.39 is 0 Å². The Morgan fingerprint density at radius 2 is 2.00 bits per heavy atom. The highest BCUT2D eigenvalue weighted by Crippen LogP contribution is 2.34. The summed E-state index contributed by atoms with van der Waals surface area (Å²) < 4.78 is 0. The molecule has 0 saturated heterocycles. The molecule has 1 aliphatic rings. The number of nitrogens with zero attached hydrogens (tertiary/aromatic N) is 1. The molecule has 0 radical (unpaired) electrons. The van der Waals surface area contributed by atoms with E-state index in [9.17, 15) is 0 Å². The molecule has 0 amide bonds. The van der Waals surface area contributed by atoms with Gasteiger partial charge in [0.2, 0.25) is 0 Å². The Kier molecular flexibility index (Phi) is 4.20. The third-order valence-electron chi connectivity index (χ3n) is 3.17. The van der Waals surface area contributed by atoms with Gasteiger partial charge in [0.05, 0.1) is 0 Å². The zero-order valence-corrected chi connectivity index (χ0v) is 9.29. The minimum atomic E-state index is 0.365. The van der Waals surface area contributed by atoms with E-state index in [0.29, 0.717) is 6.04 Å². The first-order chi connectivity index (χ1) is 6.11. The third kappa shape index (κ3) is 4.10. The molecular formula is C11H24N2. The molecule has 2 atom stereocenters. The van der Waals surface area contributed by atoms with Crippen LogP contribution < -0.4 is 5.73 Å². The standard InChI is InChI=1S/C11H24N2/c1-9(12)5-4-8-13(3)10(2)11-6-7-11/h9-11H,4-8,12H2,1-3H3. The molecule has 78 valence electrons. The maximum absolute atomic E-state index is 5.71. The fourth-order valence-electron chi connectivity index (χ4n) is 1.80. The maximum atomic E-state index is 5.71. The summed E-state index contributed by atoms with van der Waals surface area (Å²) in [4.78, 5) is 2.49. The van der Waals surface area contributed by atoms with Crippen LogP contribution in [0.25, 0.3) is 0 Å². The molecule has 0 heterocycles. The normalized spacial score (nSPS) is 21.9. The summed E-state index contributed by atoms with van der Waals surface area (Å²) in [5, 5.41) is 0. The van der Waals surface area contributed by atoms with Crippen LogP contribution in [-0.4, -0.2) is 30.6 Å². The van der Waals surface area contributed by atoms with Crippen molar-refractivity contribution < 1.29 is 0 Å². The van der Waals surface area contributed by atoms with Crippen LogP contribution in [0.3, 0.4) is 0 Å². The topological polar surface area (TPSA) is 29.3 Å². The lowest BCUT2D eigenvalue weighted by atomic mass is 10.1. The largest absolute Gasteiger partial charge is 0.328 e. The number of hydrogen-bond acceptors (Lipinski definition) is 2. The van der Waals surface area contributed by atoms with Gasteiger partial charge >= 0.3 is 0 Å². The van der Waals surface area contributed by atoms with E-state index in [1.165, 1.54) is 25.8 Å². The Balaban J connectivity index is 2.05. The second kappa shape index (κ2) is 4.97. The van der Waals surface area contributed by atoms with Gasteiger partial charge in [0, 0.05) is 12.1 Å². The second-order valence-electron chi connectivity index (χ2n) is 4.68. The first-order valence-electron chi connectivity index (χ1n) is 5.57. The molecule has 2 unspecified atom stereocenters. The Bertz CT molecular complexity index is 141. The highest BCUT2D eigenvalue weighted by Gasteiger charge is 2.29. The molecule has 1 saturated carbocycles. The zero-order valence-electron chi connectivity index (χ0n) is 9.29. The van der Waals surface area contributed by atoms with E-state index in [4.69, 9.17) is 5.73 Å². The molecule has 0 aromatic rings. The van der Waals surface area contributed by atoms with Crippen LogP contribution in [0.1, 0.15) is 39.5 Å². The second-order valence-corrected chi connectivity index (χ2v) is 4.68. The number of nitrogens with two attached hydrogens (primary N) is 1. The molecule has 13 heavy (non-hydrogen) atoms. The van der Waals surface area contributed by atoms with Gasteiger partial charge in [0.25, 0.3) is 0 Å². The predicted molar refractivity (Wildman–Crippen MR) is 57.7 cm³/mol. The summed E-state index contributed by atoms with van der Waals surface area (Å²) in [5.41, 5.74) is 5.71. The summed E-state index contributed by atoms with van der Waals surface area (Å²) in [5.74, 6) is 0.986. The molecule has 2 nitrogen and oxygen atoms in total. The third-order valence-corrected chi connectivity index (χ3v) is 3.17. The van der Waals surface area contributed by atoms with E-state index >= 15 is 0 Å². The Morgan fingerprint density at radius 3 is 2.46 bits per heavy atom. The first kappa shape index (κ1) is 11.0. The van der Waals surface area contributed by atoms with Gasteiger partial charge in [-0.3, -0.25) is 0 Å². The number of hydrogen-bond donors (Lipinski definition) is 1. The van der Waals surface area contributed by atoms with E-state index in [0.717, 1.165) is 18.4 Å². The zero-order chi connectivity index (χ0) is 9.84. The SMILES string of the molecule is CC(N)CCCN(C)C(C)C1CC1. The monoisotopic (exact) mass is 184 g/mol. The lowest BCUT2D eigenvalue weighted by Crippen LogP contribution is -2.32. The van der Waals surface area contributed by atoms with Crippen molar-refractivity contribution in [2.75, 3.05) is 13.6 Å². The van der Waals surface area contributed by atoms with Gasteiger partial charge in [-0.25, -0.2) is 0 Å². The van der Waals surface area contributed by atoms with Crippen molar-refractivity contribution in [3.05, 3.63) is 0 Å². The molecular weight excluding hydrogens is 160 g/mol. The van der Waals surface area contributed by atoms with Gasteiger partial charge in [-0.2, -0.15) is 0 Å². The van der Waals surface area contributed by atoms with Crippen LogP contribution in [0.5, 0.6) is 0 Å². The van der Waals surface area contributed by atoms with Crippen LogP contribution in [-0.2, 0) is 0 Å². The molecule has 0 bridgehead atoms. The van der Waals surface area contributed by atoms with Crippen LogP contribution in [0, 0.1) is 5.92 Å². The van der Waals surface area contributed by atoms with Crippen molar-refractivity contribution in [1.29, 1.82) is 0 Å². The van der Waals surface area contributed by atoms with Crippen LogP contribution >= 0.6 is 0 Å². The molecule has 2 heteroatoms. The van der Waals surface area contributed by atoms with Gasteiger partial charge in [0.1, 0.15) is 0 Å². The summed E-state index contributed by atoms with van der Waals surface area (Å²) >= 11 is 0. The molecule has 0 spiro atoms. The molecule has 0 aromatic heterocycles. The lowest BCUT2D eigenvalue weighted by molar-refractivity contribution is 0.229.